The first-order chi connectivity index (χ1) is 10.1. The molecule has 2 atom stereocenters. The molecule has 0 saturated carbocycles. The van der Waals surface area contributed by atoms with Gasteiger partial charge in [-0.1, -0.05) is 40.2 Å². The number of fused-ring (bicyclic) bond motifs is 1. The van der Waals surface area contributed by atoms with Gasteiger partial charge in [0.15, 0.2) is 11.5 Å². The Balaban J connectivity index is 1.74. The van der Waals surface area contributed by atoms with E-state index in [1.54, 1.807) is 0 Å². The molecule has 0 radical (unpaired) electrons. The number of benzene rings is 2. The Morgan fingerprint density at radius 1 is 1.00 bits per heavy atom. The van der Waals surface area contributed by atoms with E-state index in [9.17, 15) is 0 Å². The summed E-state index contributed by atoms with van der Waals surface area (Å²) >= 11 is 3.61. The average Bonchev–Trinajstić information content (AvgIpc) is 2.94. The molecule has 0 saturated heterocycles. The van der Waals surface area contributed by atoms with Crippen LogP contribution in [0.4, 0.5) is 0 Å². The Labute approximate surface area is 133 Å². The van der Waals surface area contributed by atoms with Gasteiger partial charge in [-0.2, -0.15) is 0 Å². The summed E-state index contributed by atoms with van der Waals surface area (Å²) in [6.07, 6.45) is 0. The van der Waals surface area contributed by atoms with Crippen molar-refractivity contribution in [2.45, 2.75) is 25.9 Å². The van der Waals surface area contributed by atoms with Crippen molar-refractivity contribution in [2.24, 2.45) is 0 Å². The molecule has 21 heavy (non-hydrogen) atoms. The normalized spacial score (nSPS) is 15.8. The van der Waals surface area contributed by atoms with Crippen molar-refractivity contribution in [3.05, 3.63) is 58.1 Å². The highest BCUT2D eigenvalue weighted by Gasteiger charge is 2.17. The van der Waals surface area contributed by atoms with Crippen LogP contribution in [0.2, 0.25) is 0 Å². The van der Waals surface area contributed by atoms with Crippen LogP contribution >= 0.6 is 15.9 Å². The van der Waals surface area contributed by atoms with Gasteiger partial charge in [-0.25, -0.2) is 0 Å². The molecule has 1 N–H and O–H groups in total. The molecule has 2 aromatic rings. The zero-order valence-corrected chi connectivity index (χ0v) is 13.7. The maximum absolute atomic E-state index is 5.44. The number of ether oxygens (including phenoxy) is 2. The van der Waals surface area contributed by atoms with Crippen LogP contribution in [0.1, 0.15) is 37.1 Å². The molecular weight excluding hydrogens is 330 g/mol. The second kappa shape index (κ2) is 6.08. The topological polar surface area (TPSA) is 30.5 Å². The monoisotopic (exact) mass is 347 g/mol. The highest BCUT2D eigenvalue weighted by Crippen LogP contribution is 2.34. The molecule has 0 aromatic heterocycles. The van der Waals surface area contributed by atoms with E-state index >= 15 is 0 Å². The van der Waals surface area contributed by atoms with Crippen LogP contribution in [0.5, 0.6) is 11.5 Å². The number of hydrogen-bond donors (Lipinski definition) is 1. The van der Waals surface area contributed by atoms with Gasteiger partial charge in [-0.3, -0.25) is 0 Å². The van der Waals surface area contributed by atoms with E-state index < -0.39 is 0 Å². The Hall–Kier alpha value is -1.52. The molecule has 1 aliphatic rings. The Bertz CT molecular complexity index is 644. The molecule has 3 nitrogen and oxygen atoms in total. The predicted molar refractivity (Wildman–Crippen MR) is 86.7 cm³/mol. The van der Waals surface area contributed by atoms with Gasteiger partial charge in [-0.15, -0.1) is 0 Å². The molecule has 4 heteroatoms. The van der Waals surface area contributed by atoms with E-state index in [1.807, 2.05) is 18.2 Å². The van der Waals surface area contributed by atoms with E-state index in [-0.39, 0.29) is 12.1 Å². The van der Waals surface area contributed by atoms with Crippen LogP contribution in [0.15, 0.2) is 46.9 Å². The van der Waals surface area contributed by atoms with Gasteiger partial charge in [0.1, 0.15) is 0 Å². The van der Waals surface area contributed by atoms with E-state index in [0.29, 0.717) is 6.79 Å². The zero-order chi connectivity index (χ0) is 14.8. The number of rotatable bonds is 4. The highest BCUT2D eigenvalue weighted by molar-refractivity contribution is 9.10. The van der Waals surface area contributed by atoms with Gasteiger partial charge in [-0.05, 0) is 43.2 Å². The first-order valence-corrected chi connectivity index (χ1v) is 7.84. The molecule has 1 heterocycles. The molecule has 0 spiro atoms. The summed E-state index contributed by atoms with van der Waals surface area (Å²) < 4.78 is 11.9. The minimum absolute atomic E-state index is 0.224. The summed E-state index contributed by atoms with van der Waals surface area (Å²) in [4.78, 5) is 0. The summed E-state index contributed by atoms with van der Waals surface area (Å²) in [5.41, 5.74) is 2.45. The quantitative estimate of drug-likeness (QED) is 0.877. The van der Waals surface area contributed by atoms with Gasteiger partial charge in [0.25, 0.3) is 0 Å². The van der Waals surface area contributed by atoms with Gasteiger partial charge in [0, 0.05) is 16.6 Å². The zero-order valence-electron chi connectivity index (χ0n) is 12.1. The fraction of sp³-hybridized carbons (Fsp3) is 0.294. The van der Waals surface area contributed by atoms with E-state index in [2.05, 4.69) is 59.4 Å². The van der Waals surface area contributed by atoms with Crippen molar-refractivity contribution in [2.75, 3.05) is 6.79 Å². The second-order valence-corrected chi connectivity index (χ2v) is 6.10. The average molecular weight is 348 g/mol. The Morgan fingerprint density at radius 3 is 2.57 bits per heavy atom. The SMILES string of the molecule is CC(N[C@@H](C)c1ccccc1Br)c1ccc2c(c1)OCO2. The minimum atomic E-state index is 0.224. The summed E-state index contributed by atoms with van der Waals surface area (Å²) in [5, 5.41) is 3.62. The summed E-state index contributed by atoms with van der Waals surface area (Å²) in [6.45, 7) is 4.64. The van der Waals surface area contributed by atoms with Gasteiger partial charge in [0.05, 0.1) is 0 Å². The maximum atomic E-state index is 5.44. The Morgan fingerprint density at radius 2 is 1.76 bits per heavy atom. The highest BCUT2D eigenvalue weighted by atomic mass is 79.9. The van der Waals surface area contributed by atoms with E-state index in [4.69, 9.17) is 9.47 Å². The molecule has 3 rings (SSSR count). The summed E-state index contributed by atoms with van der Waals surface area (Å²) in [5.74, 6) is 1.65. The van der Waals surface area contributed by atoms with Crippen LogP contribution in [0.3, 0.4) is 0 Å². The molecule has 0 amide bonds. The maximum Gasteiger partial charge on any atom is 0.231 e. The second-order valence-electron chi connectivity index (χ2n) is 5.24. The molecule has 0 aliphatic carbocycles. The van der Waals surface area contributed by atoms with Crippen molar-refractivity contribution in [3.63, 3.8) is 0 Å². The van der Waals surface area contributed by atoms with Crippen LogP contribution in [0.25, 0.3) is 0 Å². The third-order valence-electron chi connectivity index (χ3n) is 3.77. The number of nitrogens with one attached hydrogen (secondary N) is 1. The fourth-order valence-electron chi connectivity index (χ4n) is 2.57. The van der Waals surface area contributed by atoms with E-state index in [1.165, 1.54) is 11.1 Å². The first-order valence-electron chi connectivity index (χ1n) is 7.05. The standard InChI is InChI=1S/C17H18BrNO2/c1-11(13-7-8-16-17(9-13)21-10-20-16)19-12(2)14-5-3-4-6-15(14)18/h3-9,11-12,19H,10H2,1-2H3/t11?,12-/m0/s1. The van der Waals surface area contributed by atoms with Crippen molar-refractivity contribution in [3.8, 4) is 11.5 Å². The first kappa shape index (κ1) is 14.4. The summed E-state index contributed by atoms with van der Waals surface area (Å²) in [7, 11) is 0. The number of halogens is 1. The van der Waals surface area contributed by atoms with Crippen LogP contribution in [0, 0.1) is 0 Å². The van der Waals surface area contributed by atoms with Crippen molar-refractivity contribution < 1.29 is 9.47 Å². The van der Waals surface area contributed by atoms with Gasteiger partial charge < -0.3 is 14.8 Å². The lowest BCUT2D eigenvalue weighted by atomic mass is 10.0. The Kier molecular flexibility index (Phi) is 4.17. The molecule has 2 aromatic carbocycles. The molecule has 1 aliphatic heterocycles. The third kappa shape index (κ3) is 3.06. The lowest BCUT2D eigenvalue weighted by molar-refractivity contribution is 0.174. The third-order valence-corrected chi connectivity index (χ3v) is 4.49. The van der Waals surface area contributed by atoms with Crippen LogP contribution in [-0.4, -0.2) is 6.79 Å². The summed E-state index contributed by atoms with van der Waals surface area (Å²) in [6, 6.07) is 14.9. The minimum Gasteiger partial charge on any atom is -0.454 e. The van der Waals surface area contributed by atoms with Crippen molar-refractivity contribution in [1.29, 1.82) is 0 Å². The largest absolute Gasteiger partial charge is 0.454 e. The molecule has 0 bridgehead atoms. The molecular formula is C17H18BrNO2. The molecule has 1 unspecified atom stereocenters. The van der Waals surface area contributed by atoms with Crippen LogP contribution in [-0.2, 0) is 0 Å². The molecule has 0 fully saturated rings. The lowest BCUT2D eigenvalue weighted by Crippen LogP contribution is -2.22. The smallest absolute Gasteiger partial charge is 0.231 e. The fourth-order valence-corrected chi connectivity index (χ4v) is 3.20. The number of hydrogen-bond acceptors (Lipinski definition) is 3. The lowest BCUT2D eigenvalue weighted by Gasteiger charge is -2.22. The van der Waals surface area contributed by atoms with Crippen LogP contribution < -0.4 is 14.8 Å². The van der Waals surface area contributed by atoms with Crippen molar-refractivity contribution >= 4 is 15.9 Å². The molecule has 110 valence electrons. The van der Waals surface area contributed by atoms with Gasteiger partial charge in [0.2, 0.25) is 6.79 Å². The van der Waals surface area contributed by atoms with Gasteiger partial charge >= 0.3 is 0 Å². The van der Waals surface area contributed by atoms with E-state index in [0.717, 1.165) is 16.0 Å². The predicted octanol–water partition coefficient (Wildman–Crippen LogP) is 4.59. The van der Waals surface area contributed by atoms with Crippen molar-refractivity contribution in [1.82, 2.24) is 5.32 Å².